The molecule has 10 heteroatoms. The molecule has 2 unspecified atom stereocenters. The Morgan fingerprint density at radius 1 is 1.17 bits per heavy atom. The highest BCUT2D eigenvalue weighted by atomic mass is 35.5. The lowest BCUT2D eigenvalue weighted by Gasteiger charge is -2.42. The molecule has 2 aromatic rings. The van der Waals surface area contributed by atoms with E-state index in [9.17, 15) is 4.79 Å². The molecule has 2 aliphatic rings. The van der Waals surface area contributed by atoms with Crippen molar-refractivity contribution in [2.75, 3.05) is 31.1 Å². The van der Waals surface area contributed by atoms with Crippen LogP contribution in [0.25, 0.3) is 11.0 Å². The summed E-state index contributed by atoms with van der Waals surface area (Å²) in [5.74, 6) is 1.83. The number of hydrogen-bond donors (Lipinski definition) is 1. The molecule has 2 aromatic heterocycles. The molecule has 2 atom stereocenters. The van der Waals surface area contributed by atoms with Crippen LogP contribution >= 0.6 is 24.8 Å². The number of nitrogens with two attached hydrogens (primary N) is 1. The Morgan fingerprint density at radius 3 is 2.52 bits per heavy atom. The zero-order chi connectivity index (χ0) is 19.2. The van der Waals surface area contributed by atoms with Crippen molar-refractivity contribution >= 4 is 47.6 Å². The maximum atomic E-state index is 13.1. The number of hydrogen-bond acceptors (Lipinski definition) is 6. The molecule has 1 aliphatic carbocycles. The largest absolute Gasteiger partial charge is 0.352 e. The second kappa shape index (κ2) is 9.02. The molecular formula is C19H31Cl2N7O. The fraction of sp³-hybridized carbons (Fsp3) is 0.684. The summed E-state index contributed by atoms with van der Waals surface area (Å²) in [6.45, 7) is 6.88. The third kappa shape index (κ3) is 4.44. The summed E-state index contributed by atoms with van der Waals surface area (Å²) in [6.07, 6.45) is 5.89. The molecule has 2 fully saturated rings. The molecule has 1 saturated heterocycles. The monoisotopic (exact) mass is 443 g/mol. The van der Waals surface area contributed by atoms with Crippen molar-refractivity contribution in [3.63, 3.8) is 0 Å². The molecule has 29 heavy (non-hydrogen) atoms. The van der Waals surface area contributed by atoms with Crippen LogP contribution in [-0.2, 0) is 11.8 Å². The van der Waals surface area contributed by atoms with E-state index in [0.717, 1.165) is 61.4 Å². The predicted molar refractivity (Wildman–Crippen MR) is 119 cm³/mol. The number of aromatic nitrogens is 4. The SMILES string of the molecule is Cc1nc(N2CCN(C(=O)C3CCCCC3(C)N)CC2)c2cnn(C)c2n1.Cl.Cl. The van der Waals surface area contributed by atoms with Crippen molar-refractivity contribution in [3.8, 4) is 0 Å². The van der Waals surface area contributed by atoms with Gasteiger partial charge in [-0.15, -0.1) is 24.8 Å². The molecule has 0 radical (unpaired) electrons. The molecule has 0 spiro atoms. The Morgan fingerprint density at radius 2 is 1.86 bits per heavy atom. The van der Waals surface area contributed by atoms with Gasteiger partial charge in [0.25, 0.3) is 0 Å². The molecule has 0 aromatic carbocycles. The third-order valence-electron chi connectivity index (χ3n) is 6.13. The van der Waals surface area contributed by atoms with Crippen molar-refractivity contribution in [3.05, 3.63) is 12.0 Å². The van der Waals surface area contributed by atoms with Gasteiger partial charge in [-0.1, -0.05) is 12.8 Å². The molecule has 4 rings (SSSR count). The zero-order valence-electron chi connectivity index (χ0n) is 17.3. The van der Waals surface area contributed by atoms with Crippen LogP contribution in [0.3, 0.4) is 0 Å². The van der Waals surface area contributed by atoms with E-state index in [2.05, 4.69) is 20.0 Å². The van der Waals surface area contributed by atoms with Crippen LogP contribution in [0.2, 0.25) is 0 Å². The molecule has 3 heterocycles. The standard InChI is InChI=1S/C19H29N7O.2ClH/c1-13-22-16-14(12-21-24(16)3)17(23-13)25-8-10-26(11-9-25)18(27)15-6-4-5-7-19(15,2)20;;/h12,15H,4-11,20H2,1-3H3;2*1H. The summed E-state index contributed by atoms with van der Waals surface area (Å²) in [5, 5.41) is 5.28. The van der Waals surface area contributed by atoms with E-state index >= 15 is 0 Å². The van der Waals surface area contributed by atoms with E-state index in [1.165, 1.54) is 0 Å². The lowest BCUT2D eigenvalue weighted by atomic mass is 9.74. The van der Waals surface area contributed by atoms with E-state index in [4.69, 9.17) is 5.73 Å². The minimum absolute atomic E-state index is 0. The van der Waals surface area contributed by atoms with Crippen molar-refractivity contribution in [1.82, 2.24) is 24.6 Å². The fourth-order valence-electron chi connectivity index (χ4n) is 4.48. The summed E-state index contributed by atoms with van der Waals surface area (Å²) in [5.41, 5.74) is 6.91. The first kappa shape index (κ1) is 23.6. The van der Waals surface area contributed by atoms with Crippen LogP contribution in [-0.4, -0.2) is 62.3 Å². The van der Waals surface area contributed by atoms with E-state index in [1.54, 1.807) is 4.68 Å². The van der Waals surface area contributed by atoms with Crippen LogP contribution in [0.1, 0.15) is 38.4 Å². The quantitative estimate of drug-likeness (QED) is 0.763. The lowest BCUT2D eigenvalue weighted by Crippen LogP contribution is -2.57. The van der Waals surface area contributed by atoms with E-state index in [0.29, 0.717) is 13.1 Å². The van der Waals surface area contributed by atoms with Crippen LogP contribution in [0.5, 0.6) is 0 Å². The van der Waals surface area contributed by atoms with Crippen molar-refractivity contribution in [2.45, 2.75) is 45.1 Å². The van der Waals surface area contributed by atoms with Gasteiger partial charge in [-0.3, -0.25) is 9.48 Å². The van der Waals surface area contributed by atoms with E-state index in [-0.39, 0.29) is 42.2 Å². The Hall–Kier alpha value is -1.64. The van der Waals surface area contributed by atoms with Gasteiger partial charge in [0.05, 0.1) is 17.5 Å². The summed E-state index contributed by atoms with van der Waals surface area (Å²) in [7, 11) is 1.89. The number of halogens is 2. The van der Waals surface area contributed by atoms with E-state index < -0.39 is 0 Å². The molecule has 2 N–H and O–H groups in total. The van der Waals surface area contributed by atoms with Gasteiger partial charge in [0.2, 0.25) is 5.91 Å². The predicted octanol–water partition coefficient (Wildman–Crippen LogP) is 2.07. The number of anilines is 1. The fourth-order valence-corrected chi connectivity index (χ4v) is 4.48. The highest BCUT2D eigenvalue weighted by molar-refractivity contribution is 5.87. The number of piperazine rings is 1. The summed E-state index contributed by atoms with van der Waals surface area (Å²) in [4.78, 5) is 26.5. The Kier molecular flexibility index (Phi) is 7.35. The third-order valence-corrected chi connectivity index (χ3v) is 6.13. The van der Waals surface area contributed by atoms with Crippen LogP contribution in [0, 0.1) is 12.8 Å². The van der Waals surface area contributed by atoms with Crippen LogP contribution < -0.4 is 10.6 Å². The number of amides is 1. The normalized spacial score (nSPS) is 24.8. The number of aryl methyl sites for hydroxylation is 2. The average molecular weight is 444 g/mol. The molecule has 1 aliphatic heterocycles. The zero-order valence-corrected chi connectivity index (χ0v) is 18.9. The Balaban J connectivity index is 0.00000150. The van der Waals surface area contributed by atoms with Gasteiger partial charge in [0, 0.05) is 38.8 Å². The van der Waals surface area contributed by atoms with Crippen molar-refractivity contribution < 1.29 is 4.79 Å². The van der Waals surface area contributed by atoms with Gasteiger partial charge in [-0.05, 0) is 26.7 Å². The van der Waals surface area contributed by atoms with Gasteiger partial charge in [-0.25, -0.2) is 9.97 Å². The summed E-state index contributed by atoms with van der Waals surface area (Å²) in [6, 6.07) is 0. The van der Waals surface area contributed by atoms with Gasteiger partial charge < -0.3 is 15.5 Å². The first-order chi connectivity index (χ1) is 12.9. The van der Waals surface area contributed by atoms with Crippen LogP contribution in [0.4, 0.5) is 5.82 Å². The number of carbonyl (C=O) groups is 1. The molecule has 0 bridgehead atoms. The highest BCUT2D eigenvalue weighted by Gasteiger charge is 2.40. The topological polar surface area (TPSA) is 93.2 Å². The number of fused-ring (bicyclic) bond motifs is 1. The first-order valence-electron chi connectivity index (χ1n) is 9.86. The smallest absolute Gasteiger partial charge is 0.227 e. The van der Waals surface area contributed by atoms with Crippen molar-refractivity contribution in [2.24, 2.45) is 18.7 Å². The summed E-state index contributed by atoms with van der Waals surface area (Å²) < 4.78 is 1.78. The molecule has 1 amide bonds. The molecular weight excluding hydrogens is 413 g/mol. The summed E-state index contributed by atoms with van der Waals surface area (Å²) >= 11 is 0. The lowest BCUT2D eigenvalue weighted by molar-refractivity contribution is -0.139. The molecule has 8 nitrogen and oxygen atoms in total. The van der Waals surface area contributed by atoms with Crippen LogP contribution in [0.15, 0.2) is 6.20 Å². The van der Waals surface area contributed by atoms with E-state index in [1.807, 2.05) is 32.0 Å². The highest BCUT2D eigenvalue weighted by Crippen LogP contribution is 2.33. The Labute approximate surface area is 184 Å². The maximum Gasteiger partial charge on any atom is 0.227 e. The molecule has 162 valence electrons. The Bertz CT molecular complexity index is 862. The minimum Gasteiger partial charge on any atom is -0.352 e. The van der Waals surface area contributed by atoms with Gasteiger partial charge in [0.15, 0.2) is 5.65 Å². The number of nitrogens with zero attached hydrogens (tertiary/aromatic N) is 6. The maximum absolute atomic E-state index is 13.1. The number of rotatable bonds is 2. The first-order valence-corrected chi connectivity index (χ1v) is 9.86. The second-order valence-corrected chi connectivity index (χ2v) is 8.22. The average Bonchev–Trinajstić information content (AvgIpc) is 3.01. The second-order valence-electron chi connectivity index (χ2n) is 8.22. The minimum atomic E-state index is -0.377. The van der Waals surface area contributed by atoms with Crippen molar-refractivity contribution in [1.29, 1.82) is 0 Å². The van der Waals surface area contributed by atoms with Gasteiger partial charge in [-0.2, -0.15) is 5.10 Å². The van der Waals surface area contributed by atoms with Gasteiger partial charge >= 0.3 is 0 Å². The molecule has 1 saturated carbocycles. The van der Waals surface area contributed by atoms with Gasteiger partial charge in [0.1, 0.15) is 11.6 Å². The number of carbonyl (C=O) groups excluding carboxylic acids is 1.